The van der Waals surface area contributed by atoms with Crippen molar-refractivity contribution < 1.29 is 9.53 Å². The van der Waals surface area contributed by atoms with E-state index < -0.39 is 0 Å². The van der Waals surface area contributed by atoms with E-state index >= 15 is 0 Å². The molecule has 5 nitrogen and oxygen atoms in total. The van der Waals surface area contributed by atoms with Gasteiger partial charge < -0.3 is 19.5 Å². The van der Waals surface area contributed by atoms with Crippen LogP contribution in [-0.2, 0) is 7.05 Å². The van der Waals surface area contributed by atoms with Crippen LogP contribution in [-0.4, -0.2) is 29.2 Å². The summed E-state index contributed by atoms with van der Waals surface area (Å²) in [7, 11) is 3.64. The zero-order valence-electron chi connectivity index (χ0n) is 13.9. The van der Waals surface area contributed by atoms with Crippen LogP contribution in [0.3, 0.4) is 0 Å². The maximum Gasteiger partial charge on any atom is 0.322 e. The Labute approximate surface area is 136 Å². The van der Waals surface area contributed by atoms with Crippen LogP contribution >= 0.6 is 0 Å². The van der Waals surface area contributed by atoms with E-state index in [9.17, 15) is 4.79 Å². The predicted octanol–water partition coefficient (Wildman–Crippen LogP) is 3.71. The molecule has 2 amide bonds. The van der Waals surface area contributed by atoms with E-state index in [1.807, 2.05) is 49.3 Å². The van der Waals surface area contributed by atoms with Crippen LogP contribution in [0.2, 0.25) is 0 Å². The Morgan fingerprint density at radius 3 is 2.83 bits per heavy atom. The summed E-state index contributed by atoms with van der Waals surface area (Å²) in [6.45, 7) is 2.74. The fourth-order valence-electron chi connectivity index (χ4n) is 3.29. The second-order valence-electron chi connectivity index (χ2n) is 5.98. The Morgan fingerprint density at radius 2 is 2.13 bits per heavy atom. The quantitative estimate of drug-likeness (QED) is 0.939. The first-order valence-electron chi connectivity index (χ1n) is 7.94. The summed E-state index contributed by atoms with van der Waals surface area (Å²) in [5.41, 5.74) is 2.92. The molecule has 0 radical (unpaired) electrons. The summed E-state index contributed by atoms with van der Waals surface area (Å²) in [5, 5.41) is 3.04. The van der Waals surface area contributed by atoms with Crippen LogP contribution in [0, 0.1) is 6.92 Å². The van der Waals surface area contributed by atoms with E-state index in [1.54, 1.807) is 7.11 Å². The molecule has 1 atom stereocenters. The van der Waals surface area contributed by atoms with Crippen LogP contribution in [0.5, 0.6) is 5.75 Å². The molecule has 0 spiro atoms. The summed E-state index contributed by atoms with van der Waals surface area (Å²) < 4.78 is 7.46. The molecule has 122 valence electrons. The Kier molecular flexibility index (Phi) is 4.28. The molecule has 5 heteroatoms. The summed E-state index contributed by atoms with van der Waals surface area (Å²) in [5.74, 6) is 0.688. The zero-order valence-corrected chi connectivity index (χ0v) is 13.9. The fourth-order valence-corrected chi connectivity index (χ4v) is 3.29. The number of nitrogens with one attached hydrogen (secondary N) is 1. The third kappa shape index (κ3) is 2.91. The molecule has 23 heavy (non-hydrogen) atoms. The standard InChI is InChI=1S/C18H23N3O2/c1-13-7-4-10-16(23-3)17(13)19-18(22)21-12-6-9-15(21)14-8-5-11-20(14)2/h4-5,7-8,10-11,15H,6,9,12H2,1-3H3,(H,19,22)/t15-/m1/s1. The van der Waals surface area contributed by atoms with Crippen LogP contribution in [0.1, 0.15) is 30.1 Å². The molecule has 0 aliphatic carbocycles. The van der Waals surface area contributed by atoms with Gasteiger partial charge in [0.2, 0.25) is 0 Å². The molecule has 1 aromatic heterocycles. The van der Waals surface area contributed by atoms with Crippen molar-refractivity contribution in [1.82, 2.24) is 9.47 Å². The average molecular weight is 313 g/mol. The van der Waals surface area contributed by atoms with Gasteiger partial charge in [-0.1, -0.05) is 12.1 Å². The molecule has 1 saturated heterocycles. The van der Waals surface area contributed by atoms with E-state index in [0.717, 1.165) is 30.6 Å². The lowest BCUT2D eigenvalue weighted by atomic mass is 10.1. The Morgan fingerprint density at radius 1 is 1.30 bits per heavy atom. The third-order valence-corrected chi connectivity index (χ3v) is 4.53. The van der Waals surface area contributed by atoms with Crippen molar-refractivity contribution in [3.8, 4) is 5.75 Å². The molecule has 3 rings (SSSR count). The molecule has 1 N–H and O–H groups in total. The number of aromatic nitrogens is 1. The highest BCUT2D eigenvalue weighted by Gasteiger charge is 2.31. The molecule has 1 aromatic carbocycles. The molecular formula is C18H23N3O2. The van der Waals surface area contributed by atoms with E-state index in [4.69, 9.17) is 4.74 Å². The van der Waals surface area contributed by atoms with Gasteiger partial charge >= 0.3 is 6.03 Å². The smallest absolute Gasteiger partial charge is 0.322 e. The van der Waals surface area contributed by atoms with Gasteiger partial charge in [-0.15, -0.1) is 0 Å². The highest BCUT2D eigenvalue weighted by atomic mass is 16.5. The van der Waals surface area contributed by atoms with Gasteiger partial charge in [0.1, 0.15) is 5.75 Å². The summed E-state index contributed by atoms with van der Waals surface area (Å²) in [6.07, 6.45) is 4.04. The first-order chi connectivity index (χ1) is 11.1. The van der Waals surface area contributed by atoms with E-state index in [0.29, 0.717) is 5.75 Å². The predicted molar refractivity (Wildman–Crippen MR) is 90.8 cm³/mol. The van der Waals surface area contributed by atoms with Gasteiger partial charge in [0.05, 0.1) is 18.8 Å². The lowest BCUT2D eigenvalue weighted by Crippen LogP contribution is -2.35. The molecule has 1 aliphatic rings. The number of rotatable bonds is 3. The molecule has 2 aromatic rings. The molecule has 2 heterocycles. The minimum atomic E-state index is -0.0682. The van der Waals surface area contributed by atoms with Crippen molar-refractivity contribution in [2.45, 2.75) is 25.8 Å². The monoisotopic (exact) mass is 313 g/mol. The van der Waals surface area contributed by atoms with Crippen molar-refractivity contribution in [1.29, 1.82) is 0 Å². The first kappa shape index (κ1) is 15.5. The number of hydrogen-bond acceptors (Lipinski definition) is 2. The van der Waals surface area contributed by atoms with Gasteiger partial charge in [-0.3, -0.25) is 0 Å². The highest BCUT2D eigenvalue weighted by molar-refractivity contribution is 5.92. The zero-order chi connectivity index (χ0) is 16.4. The highest BCUT2D eigenvalue weighted by Crippen LogP contribution is 2.34. The molecule has 0 unspecified atom stereocenters. The van der Waals surface area contributed by atoms with E-state index in [-0.39, 0.29) is 12.1 Å². The number of anilines is 1. The Bertz CT molecular complexity index is 708. The number of carbonyl (C=O) groups excluding carboxylic acids is 1. The Hall–Kier alpha value is -2.43. The van der Waals surface area contributed by atoms with Crippen molar-refractivity contribution in [2.75, 3.05) is 19.0 Å². The topological polar surface area (TPSA) is 46.5 Å². The number of benzene rings is 1. The number of aryl methyl sites for hydroxylation is 2. The number of methoxy groups -OCH3 is 1. The number of para-hydroxylation sites is 1. The van der Waals surface area contributed by atoms with E-state index in [1.165, 1.54) is 5.69 Å². The van der Waals surface area contributed by atoms with Crippen LogP contribution in [0.15, 0.2) is 36.5 Å². The molecule has 0 bridgehead atoms. The minimum absolute atomic E-state index is 0.0682. The van der Waals surface area contributed by atoms with E-state index in [2.05, 4.69) is 16.0 Å². The number of urea groups is 1. The lowest BCUT2D eigenvalue weighted by molar-refractivity contribution is 0.205. The maximum absolute atomic E-state index is 12.8. The second-order valence-corrected chi connectivity index (χ2v) is 5.98. The van der Waals surface area contributed by atoms with Gasteiger partial charge in [0.25, 0.3) is 0 Å². The summed E-state index contributed by atoms with van der Waals surface area (Å²) in [6, 6.07) is 9.93. The van der Waals surface area contributed by atoms with Crippen LogP contribution in [0.25, 0.3) is 0 Å². The van der Waals surface area contributed by atoms with Gasteiger partial charge in [0.15, 0.2) is 0 Å². The normalized spacial score (nSPS) is 17.3. The number of carbonyl (C=O) groups is 1. The third-order valence-electron chi connectivity index (χ3n) is 4.53. The van der Waals surface area contributed by atoms with Crippen LogP contribution in [0.4, 0.5) is 10.5 Å². The first-order valence-corrected chi connectivity index (χ1v) is 7.94. The number of amides is 2. The molecular weight excluding hydrogens is 290 g/mol. The molecule has 1 aliphatic heterocycles. The van der Waals surface area contributed by atoms with Crippen LogP contribution < -0.4 is 10.1 Å². The number of hydrogen-bond donors (Lipinski definition) is 1. The van der Waals surface area contributed by atoms with Gasteiger partial charge in [-0.05, 0) is 43.5 Å². The number of likely N-dealkylation sites (tertiary alicyclic amines) is 1. The summed E-state index contributed by atoms with van der Waals surface area (Å²) >= 11 is 0. The van der Waals surface area contributed by atoms with Crippen molar-refractivity contribution in [2.24, 2.45) is 7.05 Å². The number of ether oxygens (including phenoxy) is 1. The van der Waals surface area contributed by atoms with Crippen molar-refractivity contribution in [3.63, 3.8) is 0 Å². The molecule has 1 fully saturated rings. The second kappa shape index (κ2) is 6.36. The SMILES string of the molecule is COc1cccc(C)c1NC(=O)N1CCC[C@@H]1c1cccn1C. The largest absolute Gasteiger partial charge is 0.495 e. The average Bonchev–Trinajstić information content (AvgIpc) is 3.17. The maximum atomic E-state index is 12.8. The Balaban J connectivity index is 1.82. The summed E-state index contributed by atoms with van der Waals surface area (Å²) in [4.78, 5) is 14.7. The van der Waals surface area contributed by atoms with Gasteiger partial charge in [-0.2, -0.15) is 0 Å². The molecule has 0 saturated carbocycles. The van der Waals surface area contributed by atoms with Gasteiger partial charge in [0, 0.05) is 25.5 Å². The lowest BCUT2D eigenvalue weighted by Gasteiger charge is -2.26. The number of nitrogens with zero attached hydrogens (tertiary/aromatic N) is 2. The van der Waals surface area contributed by atoms with Gasteiger partial charge in [-0.25, -0.2) is 4.79 Å². The van der Waals surface area contributed by atoms with Crippen molar-refractivity contribution >= 4 is 11.7 Å². The van der Waals surface area contributed by atoms with Crippen molar-refractivity contribution in [3.05, 3.63) is 47.8 Å². The fraction of sp³-hybridized carbons (Fsp3) is 0.389. The minimum Gasteiger partial charge on any atom is -0.495 e.